The van der Waals surface area contributed by atoms with Crippen LogP contribution >= 0.6 is 23.2 Å². The summed E-state index contributed by atoms with van der Waals surface area (Å²) in [6.45, 7) is 1.23. The largest absolute Gasteiger partial charge is 0.471 e. The molecule has 0 saturated carbocycles. The summed E-state index contributed by atoms with van der Waals surface area (Å²) < 4.78 is 5.60. The van der Waals surface area contributed by atoms with E-state index in [1.807, 2.05) is 0 Å². The Balaban J connectivity index is 1.73. The highest BCUT2D eigenvalue weighted by molar-refractivity contribution is 6.30. The summed E-state index contributed by atoms with van der Waals surface area (Å²) in [6, 6.07) is 3.45. The summed E-state index contributed by atoms with van der Waals surface area (Å²) in [4.78, 5) is 17.4. The molecule has 1 aliphatic heterocycles. The SMILES string of the molecule is O=C(CCCCl)N1CC(Oc2ccc(Cl)cn2)C1. The summed E-state index contributed by atoms with van der Waals surface area (Å²) >= 11 is 11.3. The van der Waals surface area contributed by atoms with E-state index in [2.05, 4.69) is 4.98 Å². The Morgan fingerprint density at radius 2 is 2.28 bits per heavy atom. The lowest BCUT2D eigenvalue weighted by Crippen LogP contribution is -2.56. The lowest BCUT2D eigenvalue weighted by atomic mass is 10.1. The number of carbonyl (C=O) groups is 1. The van der Waals surface area contributed by atoms with Crippen LogP contribution < -0.4 is 4.74 Å². The molecule has 0 unspecified atom stereocenters. The zero-order valence-electron chi connectivity index (χ0n) is 9.81. The van der Waals surface area contributed by atoms with Gasteiger partial charge in [0, 0.05) is 24.6 Å². The van der Waals surface area contributed by atoms with Crippen molar-refractivity contribution < 1.29 is 9.53 Å². The third-order valence-corrected chi connectivity index (χ3v) is 3.20. The van der Waals surface area contributed by atoms with E-state index in [4.69, 9.17) is 27.9 Å². The summed E-state index contributed by atoms with van der Waals surface area (Å²) in [5.41, 5.74) is 0. The van der Waals surface area contributed by atoms with Crippen LogP contribution in [0.1, 0.15) is 12.8 Å². The molecule has 0 aromatic carbocycles. The molecule has 1 aromatic rings. The molecule has 0 spiro atoms. The fourth-order valence-corrected chi connectivity index (χ4v) is 1.94. The second-order valence-corrected chi connectivity index (χ2v) is 4.96. The van der Waals surface area contributed by atoms with Crippen molar-refractivity contribution in [1.82, 2.24) is 9.88 Å². The van der Waals surface area contributed by atoms with Crippen LogP contribution in [0.2, 0.25) is 5.02 Å². The molecule has 2 heterocycles. The number of halogens is 2. The van der Waals surface area contributed by atoms with E-state index in [-0.39, 0.29) is 12.0 Å². The Kier molecular flexibility index (Phi) is 4.66. The van der Waals surface area contributed by atoms with Gasteiger partial charge in [-0.25, -0.2) is 4.98 Å². The van der Waals surface area contributed by atoms with Gasteiger partial charge in [-0.2, -0.15) is 0 Å². The minimum Gasteiger partial charge on any atom is -0.471 e. The minimum absolute atomic E-state index is 0.0265. The molecule has 0 atom stereocenters. The molecule has 0 radical (unpaired) electrons. The van der Waals surface area contributed by atoms with Gasteiger partial charge in [0.25, 0.3) is 0 Å². The monoisotopic (exact) mass is 288 g/mol. The van der Waals surface area contributed by atoms with Crippen molar-refractivity contribution in [2.45, 2.75) is 18.9 Å². The van der Waals surface area contributed by atoms with Gasteiger partial charge in [0.15, 0.2) is 0 Å². The number of amides is 1. The molecule has 4 nitrogen and oxygen atoms in total. The van der Waals surface area contributed by atoms with Gasteiger partial charge in [0.1, 0.15) is 6.10 Å². The van der Waals surface area contributed by atoms with Gasteiger partial charge in [0.2, 0.25) is 11.8 Å². The second-order valence-electron chi connectivity index (χ2n) is 4.15. The second kappa shape index (κ2) is 6.25. The molecule has 1 amide bonds. The lowest BCUT2D eigenvalue weighted by molar-refractivity contribution is -0.140. The number of hydrogen-bond acceptors (Lipinski definition) is 3. The quantitative estimate of drug-likeness (QED) is 0.781. The molecule has 1 aromatic heterocycles. The van der Waals surface area contributed by atoms with Crippen molar-refractivity contribution in [3.8, 4) is 5.88 Å². The van der Waals surface area contributed by atoms with Gasteiger partial charge < -0.3 is 9.64 Å². The summed E-state index contributed by atoms with van der Waals surface area (Å²) in [6.07, 6.45) is 2.80. The van der Waals surface area contributed by atoms with Gasteiger partial charge in [-0.15, -0.1) is 11.6 Å². The molecule has 0 N–H and O–H groups in total. The first-order valence-corrected chi connectivity index (χ1v) is 6.72. The van der Waals surface area contributed by atoms with Crippen LogP contribution in [0, 0.1) is 0 Å². The van der Waals surface area contributed by atoms with Crippen LogP contribution in [0.4, 0.5) is 0 Å². The lowest BCUT2D eigenvalue weighted by Gasteiger charge is -2.38. The van der Waals surface area contributed by atoms with E-state index in [1.54, 1.807) is 23.2 Å². The third kappa shape index (κ3) is 3.50. The number of hydrogen-bond donors (Lipinski definition) is 0. The van der Waals surface area contributed by atoms with Gasteiger partial charge in [-0.05, 0) is 12.5 Å². The van der Waals surface area contributed by atoms with Crippen LogP contribution in [0.15, 0.2) is 18.3 Å². The first-order valence-electron chi connectivity index (χ1n) is 5.81. The molecule has 1 aliphatic rings. The van der Waals surface area contributed by atoms with Crippen molar-refractivity contribution in [2.75, 3.05) is 19.0 Å². The number of alkyl halides is 1. The fraction of sp³-hybridized carbons (Fsp3) is 0.500. The Morgan fingerprint density at radius 1 is 1.50 bits per heavy atom. The first kappa shape index (κ1) is 13.4. The van der Waals surface area contributed by atoms with Gasteiger partial charge in [0.05, 0.1) is 18.1 Å². The zero-order chi connectivity index (χ0) is 13.0. The predicted octanol–water partition coefficient (Wildman–Crippen LogP) is 2.34. The Hall–Kier alpha value is -1.00. The van der Waals surface area contributed by atoms with E-state index in [0.29, 0.717) is 36.3 Å². The number of ether oxygens (including phenoxy) is 1. The van der Waals surface area contributed by atoms with E-state index in [0.717, 1.165) is 6.42 Å². The van der Waals surface area contributed by atoms with Crippen LogP contribution in [-0.2, 0) is 4.79 Å². The molecule has 0 bridgehead atoms. The summed E-state index contributed by atoms with van der Waals surface area (Å²) in [5.74, 6) is 1.20. The maximum Gasteiger partial charge on any atom is 0.222 e. The topological polar surface area (TPSA) is 42.4 Å². The number of aromatic nitrogens is 1. The number of carbonyl (C=O) groups excluding carboxylic acids is 1. The highest BCUT2D eigenvalue weighted by Gasteiger charge is 2.31. The molecule has 6 heteroatoms. The summed E-state index contributed by atoms with van der Waals surface area (Å²) in [7, 11) is 0. The van der Waals surface area contributed by atoms with E-state index in [1.165, 1.54) is 0 Å². The van der Waals surface area contributed by atoms with Crippen molar-refractivity contribution in [3.63, 3.8) is 0 Å². The van der Waals surface area contributed by atoms with Crippen LogP contribution in [0.25, 0.3) is 0 Å². The molecule has 1 saturated heterocycles. The molecule has 98 valence electrons. The number of likely N-dealkylation sites (tertiary alicyclic amines) is 1. The molecular formula is C12H14Cl2N2O2. The maximum atomic E-state index is 11.6. The summed E-state index contributed by atoms with van der Waals surface area (Å²) in [5, 5.41) is 0.578. The fourth-order valence-electron chi connectivity index (χ4n) is 1.70. The first-order chi connectivity index (χ1) is 8.69. The predicted molar refractivity (Wildman–Crippen MR) is 70.2 cm³/mol. The minimum atomic E-state index is 0.0265. The number of pyridine rings is 1. The van der Waals surface area contributed by atoms with E-state index >= 15 is 0 Å². The number of rotatable bonds is 5. The van der Waals surface area contributed by atoms with Crippen molar-refractivity contribution in [3.05, 3.63) is 23.4 Å². The van der Waals surface area contributed by atoms with Crippen molar-refractivity contribution in [2.24, 2.45) is 0 Å². The van der Waals surface area contributed by atoms with Crippen LogP contribution in [-0.4, -0.2) is 40.9 Å². The van der Waals surface area contributed by atoms with Gasteiger partial charge in [-0.1, -0.05) is 11.6 Å². The zero-order valence-corrected chi connectivity index (χ0v) is 11.3. The third-order valence-electron chi connectivity index (χ3n) is 2.71. The molecule has 0 aliphatic carbocycles. The number of nitrogens with zero attached hydrogens (tertiary/aromatic N) is 2. The van der Waals surface area contributed by atoms with Crippen molar-refractivity contribution in [1.29, 1.82) is 0 Å². The smallest absolute Gasteiger partial charge is 0.222 e. The standard InChI is InChI=1S/C12H14Cl2N2O2/c13-5-1-2-12(17)16-7-10(8-16)18-11-4-3-9(14)6-15-11/h3-4,6,10H,1-2,5,7-8H2. The average molecular weight is 289 g/mol. The van der Waals surface area contributed by atoms with Crippen LogP contribution in [0.3, 0.4) is 0 Å². The maximum absolute atomic E-state index is 11.6. The molecule has 1 fully saturated rings. The van der Waals surface area contributed by atoms with Crippen molar-refractivity contribution >= 4 is 29.1 Å². The average Bonchev–Trinajstić information content (AvgIpc) is 2.32. The normalized spacial score (nSPS) is 15.3. The van der Waals surface area contributed by atoms with Gasteiger partial charge in [-0.3, -0.25) is 4.79 Å². The Labute approximate surface area is 116 Å². The molecule has 18 heavy (non-hydrogen) atoms. The molecular weight excluding hydrogens is 275 g/mol. The Bertz CT molecular complexity index is 405. The molecule has 2 rings (SSSR count). The van der Waals surface area contributed by atoms with Crippen LogP contribution in [0.5, 0.6) is 5.88 Å². The van der Waals surface area contributed by atoms with Gasteiger partial charge >= 0.3 is 0 Å². The highest BCUT2D eigenvalue weighted by Crippen LogP contribution is 2.18. The van der Waals surface area contributed by atoms with E-state index in [9.17, 15) is 4.79 Å². The van der Waals surface area contributed by atoms with E-state index < -0.39 is 0 Å². The Morgan fingerprint density at radius 3 is 2.89 bits per heavy atom. The highest BCUT2D eigenvalue weighted by atomic mass is 35.5.